The predicted molar refractivity (Wildman–Crippen MR) is 91.7 cm³/mol. The van der Waals surface area contributed by atoms with Crippen LogP contribution in [0.4, 0.5) is 0 Å². The fourth-order valence-corrected chi connectivity index (χ4v) is 2.94. The Morgan fingerprint density at radius 3 is 2.29 bits per heavy atom. The Kier molecular flexibility index (Phi) is 5.07. The monoisotopic (exact) mass is 347 g/mol. The molecular weight excluding hydrogens is 326 g/mol. The van der Waals surface area contributed by atoms with E-state index in [0.717, 1.165) is 15.8 Å². The van der Waals surface area contributed by atoms with E-state index in [4.69, 9.17) is 10.5 Å². The van der Waals surface area contributed by atoms with Crippen molar-refractivity contribution in [3.8, 4) is 5.75 Å². The van der Waals surface area contributed by atoms with Crippen LogP contribution in [-0.4, -0.2) is 0 Å². The van der Waals surface area contributed by atoms with Gasteiger partial charge in [0, 0.05) is 16.1 Å². The van der Waals surface area contributed by atoms with E-state index in [1.54, 1.807) is 0 Å². The maximum atomic E-state index is 6.06. The Labute approximate surface area is 135 Å². The molecule has 0 bridgehead atoms. The topological polar surface area (TPSA) is 35.2 Å². The van der Waals surface area contributed by atoms with Crippen LogP contribution in [-0.2, 0) is 6.61 Å². The van der Waals surface area contributed by atoms with Gasteiger partial charge in [0.15, 0.2) is 0 Å². The lowest BCUT2D eigenvalue weighted by Gasteiger charge is -2.17. The number of ether oxygens (including phenoxy) is 1. The van der Waals surface area contributed by atoms with Crippen molar-refractivity contribution in [2.24, 2.45) is 5.73 Å². The van der Waals surface area contributed by atoms with Crippen molar-refractivity contribution in [2.45, 2.75) is 40.3 Å². The van der Waals surface area contributed by atoms with Crippen molar-refractivity contribution in [2.75, 3.05) is 0 Å². The average Bonchev–Trinajstić information content (AvgIpc) is 2.37. The van der Waals surface area contributed by atoms with Crippen LogP contribution in [0.1, 0.15) is 40.8 Å². The largest absolute Gasteiger partial charge is 0.489 e. The summed E-state index contributed by atoms with van der Waals surface area (Å²) in [6.07, 6.45) is 0. The Morgan fingerprint density at radius 2 is 1.71 bits per heavy atom. The Hall–Kier alpha value is -1.32. The number of hydrogen-bond donors (Lipinski definition) is 1. The molecule has 0 heterocycles. The Balaban J connectivity index is 2.26. The van der Waals surface area contributed by atoms with Crippen LogP contribution in [0, 0.1) is 20.8 Å². The van der Waals surface area contributed by atoms with Crippen LogP contribution < -0.4 is 10.5 Å². The lowest BCUT2D eigenvalue weighted by atomic mass is 10.0. The van der Waals surface area contributed by atoms with Crippen LogP contribution in [0.5, 0.6) is 5.75 Å². The molecule has 2 rings (SSSR count). The first-order valence-electron chi connectivity index (χ1n) is 7.13. The van der Waals surface area contributed by atoms with Gasteiger partial charge >= 0.3 is 0 Å². The highest BCUT2D eigenvalue weighted by Gasteiger charge is 2.11. The van der Waals surface area contributed by atoms with Crippen molar-refractivity contribution >= 4 is 15.9 Å². The van der Waals surface area contributed by atoms with Crippen LogP contribution in [0.25, 0.3) is 0 Å². The van der Waals surface area contributed by atoms with Crippen LogP contribution in [0.3, 0.4) is 0 Å². The normalized spacial score (nSPS) is 12.3. The Bertz CT molecular complexity index is 627. The summed E-state index contributed by atoms with van der Waals surface area (Å²) in [7, 11) is 0. The number of nitrogens with two attached hydrogens (primary N) is 1. The molecule has 2 nitrogen and oxygen atoms in total. The molecule has 0 fully saturated rings. The van der Waals surface area contributed by atoms with Gasteiger partial charge in [-0.25, -0.2) is 0 Å². The van der Waals surface area contributed by atoms with E-state index >= 15 is 0 Å². The lowest BCUT2D eigenvalue weighted by Crippen LogP contribution is -2.09. The molecule has 21 heavy (non-hydrogen) atoms. The molecular formula is C18H22BrNO. The summed E-state index contributed by atoms with van der Waals surface area (Å²) in [5.41, 5.74) is 12.1. The molecule has 0 radical (unpaired) electrons. The molecule has 0 spiro atoms. The third-order valence-corrected chi connectivity index (χ3v) is 4.17. The molecule has 2 aromatic carbocycles. The van der Waals surface area contributed by atoms with E-state index in [2.05, 4.69) is 48.8 Å². The number of rotatable bonds is 4. The summed E-state index contributed by atoms with van der Waals surface area (Å²) in [6, 6.07) is 10.3. The predicted octanol–water partition coefficient (Wildman–Crippen LogP) is 4.97. The molecule has 0 aromatic heterocycles. The molecule has 0 aliphatic carbocycles. The zero-order chi connectivity index (χ0) is 15.6. The summed E-state index contributed by atoms with van der Waals surface area (Å²) in [4.78, 5) is 0. The van der Waals surface area contributed by atoms with Crippen LogP contribution >= 0.6 is 15.9 Å². The molecule has 2 aromatic rings. The zero-order valence-electron chi connectivity index (χ0n) is 13.0. The summed E-state index contributed by atoms with van der Waals surface area (Å²) in [6.45, 7) is 8.91. The van der Waals surface area contributed by atoms with E-state index in [0.29, 0.717) is 6.61 Å². The molecule has 0 amide bonds. The molecule has 0 saturated heterocycles. The van der Waals surface area contributed by atoms with E-state index in [9.17, 15) is 0 Å². The highest BCUT2D eigenvalue weighted by atomic mass is 79.9. The van der Waals surface area contributed by atoms with Crippen molar-refractivity contribution in [1.29, 1.82) is 0 Å². The maximum absolute atomic E-state index is 6.06. The van der Waals surface area contributed by atoms with E-state index in [1.807, 2.05) is 25.1 Å². The van der Waals surface area contributed by atoms with Gasteiger partial charge in [-0.3, -0.25) is 0 Å². The van der Waals surface area contributed by atoms with Gasteiger partial charge in [-0.15, -0.1) is 0 Å². The minimum absolute atomic E-state index is 0.0479. The second-order valence-corrected chi connectivity index (χ2v) is 6.55. The average molecular weight is 348 g/mol. The van der Waals surface area contributed by atoms with Gasteiger partial charge in [-0.2, -0.15) is 0 Å². The molecule has 1 atom stereocenters. The summed E-state index contributed by atoms with van der Waals surface area (Å²) < 4.78 is 7.06. The molecule has 0 aliphatic heterocycles. The van der Waals surface area contributed by atoms with Gasteiger partial charge in [0.2, 0.25) is 0 Å². The van der Waals surface area contributed by atoms with Gasteiger partial charge in [-0.1, -0.05) is 39.7 Å². The molecule has 0 aliphatic rings. The van der Waals surface area contributed by atoms with E-state index in [1.165, 1.54) is 22.3 Å². The van der Waals surface area contributed by atoms with Gasteiger partial charge in [0.1, 0.15) is 12.4 Å². The van der Waals surface area contributed by atoms with Gasteiger partial charge in [0.25, 0.3) is 0 Å². The van der Waals surface area contributed by atoms with Gasteiger partial charge < -0.3 is 10.5 Å². The lowest BCUT2D eigenvalue weighted by molar-refractivity contribution is 0.299. The van der Waals surface area contributed by atoms with Gasteiger partial charge in [-0.05, 0) is 56.5 Å². The maximum Gasteiger partial charge on any atom is 0.125 e. The minimum Gasteiger partial charge on any atom is -0.489 e. The molecule has 3 heteroatoms. The third kappa shape index (κ3) is 3.86. The number of hydrogen-bond acceptors (Lipinski definition) is 2. The second kappa shape index (κ2) is 6.63. The smallest absolute Gasteiger partial charge is 0.125 e. The van der Waals surface area contributed by atoms with Crippen molar-refractivity contribution < 1.29 is 4.74 Å². The summed E-state index contributed by atoms with van der Waals surface area (Å²) in [5, 5.41) is 0. The van der Waals surface area contributed by atoms with Crippen LogP contribution in [0.2, 0.25) is 0 Å². The first-order valence-corrected chi connectivity index (χ1v) is 7.92. The van der Waals surface area contributed by atoms with E-state index in [-0.39, 0.29) is 6.04 Å². The van der Waals surface area contributed by atoms with Crippen molar-refractivity contribution in [1.82, 2.24) is 0 Å². The van der Waals surface area contributed by atoms with Gasteiger partial charge in [0.05, 0.1) is 0 Å². The van der Waals surface area contributed by atoms with Crippen molar-refractivity contribution in [3.63, 3.8) is 0 Å². The molecule has 112 valence electrons. The zero-order valence-corrected chi connectivity index (χ0v) is 14.6. The third-order valence-electron chi connectivity index (χ3n) is 3.68. The van der Waals surface area contributed by atoms with E-state index < -0.39 is 0 Å². The fraction of sp³-hybridized carbons (Fsp3) is 0.333. The molecule has 2 N–H and O–H groups in total. The Morgan fingerprint density at radius 1 is 1.10 bits per heavy atom. The summed E-state index contributed by atoms with van der Waals surface area (Å²) >= 11 is 3.49. The quantitative estimate of drug-likeness (QED) is 0.846. The fourth-order valence-electron chi connectivity index (χ4n) is 2.60. The second-order valence-electron chi connectivity index (χ2n) is 5.64. The van der Waals surface area contributed by atoms with Crippen LogP contribution in [0.15, 0.2) is 34.8 Å². The highest BCUT2D eigenvalue weighted by Crippen LogP contribution is 2.29. The standard InChI is InChI=1S/C18H22BrNO/c1-11-7-12(2)17(13(3)8-11)10-21-18-9-15(19)5-6-16(18)14(4)20/h5-9,14H,10,20H2,1-4H3. The minimum atomic E-state index is -0.0479. The first-order chi connectivity index (χ1) is 9.88. The number of aryl methyl sites for hydroxylation is 3. The molecule has 0 saturated carbocycles. The van der Waals surface area contributed by atoms with Crippen molar-refractivity contribution in [3.05, 3.63) is 62.6 Å². The number of halogens is 1. The highest BCUT2D eigenvalue weighted by molar-refractivity contribution is 9.10. The number of benzene rings is 2. The molecule has 1 unspecified atom stereocenters. The first kappa shape index (κ1) is 16.1. The SMILES string of the molecule is Cc1cc(C)c(COc2cc(Br)ccc2C(C)N)c(C)c1. The summed E-state index contributed by atoms with van der Waals surface area (Å²) in [5.74, 6) is 0.846.